The van der Waals surface area contributed by atoms with Crippen LogP contribution in [0, 0.1) is 0 Å². The van der Waals surface area contributed by atoms with E-state index in [0.29, 0.717) is 0 Å². The summed E-state index contributed by atoms with van der Waals surface area (Å²) >= 11 is 1.16. The van der Waals surface area contributed by atoms with Crippen LogP contribution in [-0.2, 0) is 10.0 Å². The van der Waals surface area contributed by atoms with E-state index in [9.17, 15) is 13.2 Å². The van der Waals surface area contributed by atoms with Gasteiger partial charge in [0, 0.05) is 20.1 Å². The van der Waals surface area contributed by atoms with Crippen molar-refractivity contribution in [2.45, 2.75) is 23.8 Å². The summed E-state index contributed by atoms with van der Waals surface area (Å²) in [6.45, 7) is 1.75. The fraction of sp³-hybridized carbons (Fsp3) is 0.583. The van der Waals surface area contributed by atoms with Crippen LogP contribution in [-0.4, -0.2) is 51.9 Å². The van der Waals surface area contributed by atoms with E-state index in [1.54, 1.807) is 5.38 Å². The fourth-order valence-electron chi connectivity index (χ4n) is 2.08. The predicted molar refractivity (Wildman–Crippen MR) is 85.8 cm³/mol. The van der Waals surface area contributed by atoms with Crippen molar-refractivity contribution in [2.75, 3.05) is 27.2 Å². The Kier molecular flexibility index (Phi) is 6.61. The third-order valence-electron chi connectivity index (χ3n) is 3.27. The van der Waals surface area contributed by atoms with Gasteiger partial charge >= 0.3 is 0 Å². The second kappa shape index (κ2) is 7.55. The zero-order valence-electron chi connectivity index (χ0n) is 12.0. The predicted octanol–water partition coefficient (Wildman–Crippen LogP) is 0.902. The number of carbonyl (C=O) groups is 1. The van der Waals surface area contributed by atoms with Gasteiger partial charge in [-0.3, -0.25) is 4.79 Å². The van der Waals surface area contributed by atoms with E-state index >= 15 is 0 Å². The molecule has 1 aromatic rings. The highest BCUT2D eigenvalue weighted by Gasteiger charge is 2.27. The van der Waals surface area contributed by atoms with Crippen molar-refractivity contribution in [1.29, 1.82) is 0 Å². The Morgan fingerprint density at radius 2 is 2.00 bits per heavy atom. The summed E-state index contributed by atoms with van der Waals surface area (Å²) in [6, 6.07) is 1.60. The fourth-order valence-corrected chi connectivity index (χ4v) is 4.28. The molecule has 2 heterocycles. The maximum atomic E-state index is 12.3. The molecule has 2 rings (SSSR count). The van der Waals surface area contributed by atoms with Gasteiger partial charge in [-0.1, -0.05) is 0 Å². The number of carbonyl (C=O) groups excluding carboxylic acids is 1. The van der Waals surface area contributed by atoms with E-state index in [1.165, 1.54) is 20.2 Å². The quantitative estimate of drug-likeness (QED) is 0.843. The summed E-state index contributed by atoms with van der Waals surface area (Å²) in [5.41, 5.74) is 0. The van der Waals surface area contributed by atoms with Crippen molar-refractivity contribution < 1.29 is 13.2 Å². The van der Waals surface area contributed by atoms with Gasteiger partial charge in [-0.05, 0) is 37.4 Å². The van der Waals surface area contributed by atoms with Crippen LogP contribution >= 0.6 is 23.7 Å². The maximum Gasteiger partial charge on any atom is 0.262 e. The number of rotatable bonds is 4. The number of hydrogen-bond donors (Lipinski definition) is 2. The average Bonchev–Trinajstić information content (AvgIpc) is 2.89. The molecular weight excluding hydrogens is 334 g/mol. The highest BCUT2D eigenvalue weighted by molar-refractivity contribution is 7.89. The van der Waals surface area contributed by atoms with E-state index in [2.05, 4.69) is 10.6 Å². The molecular formula is C12H20ClN3O3S2. The van der Waals surface area contributed by atoms with Crippen molar-refractivity contribution in [3.63, 3.8) is 0 Å². The molecule has 0 bridgehead atoms. The van der Waals surface area contributed by atoms with Gasteiger partial charge in [0.2, 0.25) is 10.0 Å². The molecule has 1 saturated heterocycles. The summed E-state index contributed by atoms with van der Waals surface area (Å²) in [6.07, 6.45) is 1.74. The Hall–Kier alpha value is -0.670. The first-order chi connectivity index (χ1) is 9.43. The molecule has 21 heavy (non-hydrogen) atoms. The summed E-state index contributed by atoms with van der Waals surface area (Å²) in [4.78, 5) is 12.6. The minimum Gasteiger partial charge on any atom is -0.348 e. The highest BCUT2D eigenvalue weighted by Crippen LogP contribution is 2.24. The van der Waals surface area contributed by atoms with E-state index in [-0.39, 0.29) is 34.1 Å². The third-order valence-corrected chi connectivity index (χ3v) is 6.17. The largest absolute Gasteiger partial charge is 0.348 e. The lowest BCUT2D eigenvalue weighted by Crippen LogP contribution is -2.42. The SMILES string of the molecule is CN(C)S(=O)(=O)c1ccsc1C(=O)NC1CCNCC1.Cl. The van der Waals surface area contributed by atoms with Crippen molar-refractivity contribution in [1.82, 2.24) is 14.9 Å². The monoisotopic (exact) mass is 353 g/mol. The van der Waals surface area contributed by atoms with E-state index < -0.39 is 10.0 Å². The van der Waals surface area contributed by atoms with Gasteiger partial charge in [0.1, 0.15) is 9.77 Å². The lowest BCUT2D eigenvalue weighted by atomic mass is 10.1. The minimum absolute atomic E-state index is 0. The number of nitrogens with one attached hydrogen (secondary N) is 2. The van der Waals surface area contributed by atoms with Crippen molar-refractivity contribution in [3.05, 3.63) is 16.3 Å². The minimum atomic E-state index is -3.58. The Morgan fingerprint density at radius 3 is 2.57 bits per heavy atom. The van der Waals surface area contributed by atoms with Gasteiger partial charge in [-0.25, -0.2) is 12.7 Å². The third kappa shape index (κ3) is 4.17. The number of sulfonamides is 1. The van der Waals surface area contributed by atoms with Crippen molar-refractivity contribution >= 4 is 39.7 Å². The molecule has 120 valence electrons. The van der Waals surface area contributed by atoms with Crippen molar-refractivity contribution in [3.8, 4) is 0 Å². The van der Waals surface area contributed by atoms with Crippen LogP contribution in [0.3, 0.4) is 0 Å². The molecule has 6 nitrogen and oxygen atoms in total. The van der Waals surface area contributed by atoms with Gasteiger partial charge in [-0.2, -0.15) is 0 Å². The van der Waals surface area contributed by atoms with Crippen LogP contribution < -0.4 is 10.6 Å². The number of thiophene rings is 1. The number of amides is 1. The highest BCUT2D eigenvalue weighted by atomic mass is 35.5. The van der Waals surface area contributed by atoms with Crippen LogP contribution in [0.25, 0.3) is 0 Å². The van der Waals surface area contributed by atoms with Crippen LogP contribution in [0.1, 0.15) is 22.5 Å². The topological polar surface area (TPSA) is 78.5 Å². The molecule has 0 radical (unpaired) electrons. The van der Waals surface area contributed by atoms with Crippen LogP contribution in [0.15, 0.2) is 16.3 Å². The lowest BCUT2D eigenvalue weighted by Gasteiger charge is -2.23. The second-order valence-electron chi connectivity index (χ2n) is 4.90. The van der Waals surface area contributed by atoms with Gasteiger partial charge in [0.25, 0.3) is 5.91 Å². The standard InChI is InChI=1S/C12H19N3O3S2.ClH/c1-15(2)20(17,18)10-5-8-19-11(10)12(16)14-9-3-6-13-7-4-9;/h5,8-9,13H,3-4,6-7H2,1-2H3,(H,14,16);1H. The van der Waals surface area contributed by atoms with E-state index in [4.69, 9.17) is 0 Å². The van der Waals surface area contributed by atoms with Gasteiger partial charge in [-0.15, -0.1) is 23.7 Å². The molecule has 0 unspecified atom stereocenters. The maximum absolute atomic E-state index is 12.3. The molecule has 1 fully saturated rings. The normalized spacial score (nSPS) is 16.5. The smallest absolute Gasteiger partial charge is 0.262 e. The number of hydrogen-bond acceptors (Lipinski definition) is 5. The van der Waals surface area contributed by atoms with Gasteiger partial charge in [0.05, 0.1) is 0 Å². The first-order valence-electron chi connectivity index (χ1n) is 6.44. The summed E-state index contributed by atoms with van der Waals surface area (Å²) in [5, 5.41) is 7.78. The summed E-state index contributed by atoms with van der Waals surface area (Å²) in [5.74, 6) is -0.299. The molecule has 0 atom stereocenters. The van der Waals surface area contributed by atoms with Gasteiger partial charge in [0.15, 0.2) is 0 Å². The Labute approximate surface area is 135 Å². The number of nitrogens with zero attached hydrogens (tertiary/aromatic N) is 1. The Morgan fingerprint density at radius 1 is 1.38 bits per heavy atom. The molecule has 0 aliphatic carbocycles. The number of piperidine rings is 1. The number of halogens is 1. The summed E-state index contributed by atoms with van der Waals surface area (Å²) in [7, 11) is -0.660. The molecule has 1 aliphatic heterocycles. The van der Waals surface area contributed by atoms with E-state index in [1.807, 2.05) is 0 Å². The molecule has 0 spiro atoms. The van der Waals surface area contributed by atoms with Crippen LogP contribution in [0.2, 0.25) is 0 Å². The van der Waals surface area contributed by atoms with Crippen LogP contribution in [0.4, 0.5) is 0 Å². The Balaban J connectivity index is 0.00000220. The zero-order valence-corrected chi connectivity index (χ0v) is 14.4. The molecule has 2 N–H and O–H groups in total. The Bertz CT molecular complexity index is 580. The van der Waals surface area contributed by atoms with Crippen LogP contribution in [0.5, 0.6) is 0 Å². The molecule has 0 saturated carbocycles. The summed E-state index contributed by atoms with van der Waals surface area (Å²) < 4.78 is 25.4. The molecule has 1 amide bonds. The van der Waals surface area contributed by atoms with E-state index in [0.717, 1.165) is 41.6 Å². The molecule has 1 aromatic heterocycles. The zero-order chi connectivity index (χ0) is 14.8. The van der Waals surface area contributed by atoms with Crippen molar-refractivity contribution in [2.24, 2.45) is 0 Å². The average molecular weight is 354 g/mol. The first-order valence-corrected chi connectivity index (χ1v) is 8.76. The lowest BCUT2D eigenvalue weighted by molar-refractivity contribution is 0.0930. The molecule has 1 aliphatic rings. The molecule has 9 heteroatoms. The van der Waals surface area contributed by atoms with Gasteiger partial charge < -0.3 is 10.6 Å². The molecule has 0 aromatic carbocycles. The second-order valence-corrected chi connectivity index (χ2v) is 7.94. The first kappa shape index (κ1) is 18.4.